The van der Waals surface area contributed by atoms with Crippen LogP contribution < -0.4 is 15.0 Å². The summed E-state index contributed by atoms with van der Waals surface area (Å²) in [6, 6.07) is 12.1. The van der Waals surface area contributed by atoms with Crippen molar-refractivity contribution in [3.8, 4) is 5.75 Å². The van der Waals surface area contributed by atoms with E-state index in [0.717, 1.165) is 19.3 Å². The van der Waals surface area contributed by atoms with Crippen LogP contribution in [0.1, 0.15) is 36.0 Å². The maximum Gasteiger partial charge on any atom is 0.265 e. The average molecular weight is 442 g/mol. The number of rotatable bonds is 5. The number of para-hydroxylation sites is 2. The van der Waals surface area contributed by atoms with Gasteiger partial charge in [-0.15, -0.1) is 0 Å². The Morgan fingerprint density at radius 2 is 1.84 bits per heavy atom. The molecule has 0 bridgehead atoms. The number of fused-ring (bicyclic) bond motifs is 1. The molecule has 0 spiro atoms. The van der Waals surface area contributed by atoms with Crippen LogP contribution in [0, 0.1) is 0 Å². The lowest BCUT2D eigenvalue weighted by Gasteiger charge is -2.29. The first-order valence-electron chi connectivity index (χ1n) is 10.4. The molecule has 31 heavy (non-hydrogen) atoms. The summed E-state index contributed by atoms with van der Waals surface area (Å²) in [5, 5.41) is 3.24. The molecule has 0 atom stereocenters. The van der Waals surface area contributed by atoms with E-state index in [4.69, 9.17) is 16.3 Å². The largest absolute Gasteiger partial charge is 0.482 e. The lowest BCUT2D eigenvalue weighted by Crippen LogP contribution is -2.40. The Morgan fingerprint density at radius 3 is 2.65 bits per heavy atom. The Kier molecular flexibility index (Phi) is 6.42. The molecule has 4 rings (SSSR count). The highest BCUT2D eigenvalue weighted by Gasteiger charge is 2.26. The molecule has 0 radical (unpaired) electrons. The van der Waals surface area contributed by atoms with Gasteiger partial charge in [0.05, 0.1) is 16.9 Å². The second-order valence-corrected chi connectivity index (χ2v) is 8.08. The second kappa shape index (κ2) is 9.39. The Balaban J connectivity index is 1.45. The number of nitrogens with zero attached hydrogens (tertiary/aromatic N) is 2. The summed E-state index contributed by atoms with van der Waals surface area (Å²) in [5.41, 5.74) is 1.46. The maximum absolute atomic E-state index is 13.0. The van der Waals surface area contributed by atoms with Gasteiger partial charge in [0.1, 0.15) is 5.75 Å². The van der Waals surface area contributed by atoms with Crippen LogP contribution in [0.2, 0.25) is 5.02 Å². The quantitative estimate of drug-likeness (QED) is 0.767. The van der Waals surface area contributed by atoms with Crippen LogP contribution in [0.3, 0.4) is 0 Å². The van der Waals surface area contributed by atoms with Gasteiger partial charge in [-0.1, -0.05) is 23.7 Å². The first-order valence-corrected chi connectivity index (χ1v) is 10.8. The van der Waals surface area contributed by atoms with Gasteiger partial charge < -0.3 is 19.9 Å². The molecule has 7 nitrogen and oxygen atoms in total. The van der Waals surface area contributed by atoms with E-state index in [9.17, 15) is 14.4 Å². The molecule has 0 aliphatic carbocycles. The van der Waals surface area contributed by atoms with Crippen LogP contribution in [-0.4, -0.2) is 48.9 Å². The molecule has 162 valence electrons. The fourth-order valence-electron chi connectivity index (χ4n) is 3.90. The third kappa shape index (κ3) is 4.82. The normalized spacial score (nSPS) is 15.8. The fraction of sp³-hybridized carbons (Fsp3) is 0.348. The number of carbonyl (C=O) groups excluding carboxylic acids is 3. The molecule has 0 unspecified atom stereocenters. The third-order valence-electron chi connectivity index (χ3n) is 5.50. The zero-order valence-electron chi connectivity index (χ0n) is 17.1. The van der Waals surface area contributed by atoms with Gasteiger partial charge in [0.15, 0.2) is 6.61 Å². The molecule has 3 amide bonds. The summed E-state index contributed by atoms with van der Waals surface area (Å²) >= 11 is 6.12. The van der Waals surface area contributed by atoms with Crippen LogP contribution in [0.4, 0.5) is 11.4 Å². The molecule has 0 aromatic heterocycles. The van der Waals surface area contributed by atoms with Crippen molar-refractivity contribution < 1.29 is 19.1 Å². The third-order valence-corrected chi connectivity index (χ3v) is 5.74. The lowest BCUT2D eigenvalue weighted by molar-refractivity contribution is -0.121. The zero-order chi connectivity index (χ0) is 21.8. The van der Waals surface area contributed by atoms with Crippen LogP contribution in [-0.2, 0) is 9.59 Å². The molecular weight excluding hydrogens is 418 g/mol. The zero-order valence-corrected chi connectivity index (χ0v) is 17.9. The summed E-state index contributed by atoms with van der Waals surface area (Å²) in [4.78, 5) is 41.3. The number of hydrogen-bond donors (Lipinski definition) is 1. The first-order chi connectivity index (χ1) is 15.0. The van der Waals surface area contributed by atoms with Crippen molar-refractivity contribution in [1.29, 1.82) is 0 Å². The molecule has 2 aromatic rings. The van der Waals surface area contributed by atoms with Crippen LogP contribution in [0.25, 0.3) is 0 Å². The van der Waals surface area contributed by atoms with Crippen molar-refractivity contribution in [2.24, 2.45) is 0 Å². The minimum Gasteiger partial charge on any atom is -0.482 e. The number of anilines is 2. The van der Waals surface area contributed by atoms with E-state index < -0.39 is 0 Å². The van der Waals surface area contributed by atoms with E-state index in [1.165, 1.54) is 0 Å². The first kappa shape index (κ1) is 21.2. The van der Waals surface area contributed by atoms with E-state index >= 15 is 0 Å². The van der Waals surface area contributed by atoms with Gasteiger partial charge in [0, 0.05) is 31.1 Å². The molecule has 2 aliphatic heterocycles. The Hall–Kier alpha value is -3.06. The highest BCUT2D eigenvalue weighted by atomic mass is 35.5. The highest BCUT2D eigenvalue weighted by molar-refractivity contribution is 6.31. The van der Waals surface area contributed by atoms with Gasteiger partial charge in [-0.05, 0) is 49.6 Å². The van der Waals surface area contributed by atoms with Gasteiger partial charge in [-0.3, -0.25) is 14.4 Å². The molecule has 2 aliphatic rings. The van der Waals surface area contributed by atoms with E-state index in [-0.39, 0.29) is 37.3 Å². The van der Waals surface area contributed by atoms with Crippen LogP contribution in [0.5, 0.6) is 5.75 Å². The predicted octanol–water partition coefficient (Wildman–Crippen LogP) is 3.72. The number of carbonyl (C=O) groups is 3. The Labute approximate surface area is 185 Å². The van der Waals surface area contributed by atoms with Crippen molar-refractivity contribution in [1.82, 2.24) is 4.90 Å². The van der Waals surface area contributed by atoms with Crippen molar-refractivity contribution in [3.63, 3.8) is 0 Å². The van der Waals surface area contributed by atoms with Gasteiger partial charge in [-0.2, -0.15) is 0 Å². The van der Waals surface area contributed by atoms with Crippen molar-refractivity contribution in [2.45, 2.75) is 25.7 Å². The van der Waals surface area contributed by atoms with Crippen LogP contribution >= 0.6 is 11.6 Å². The summed E-state index contributed by atoms with van der Waals surface area (Å²) < 4.78 is 5.43. The second-order valence-electron chi connectivity index (χ2n) is 7.64. The lowest BCUT2D eigenvalue weighted by atomic mass is 10.1. The van der Waals surface area contributed by atoms with E-state index in [1.54, 1.807) is 35.2 Å². The standard InChI is InChI=1S/C23H24ClN3O4/c24-16-8-9-17(23(30)26-11-4-1-5-12-26)18(14-16)25-21(28)10-13-27-19-6-2-3-7-20(19)31-15-22(27)29/h2-3,6-9,14H,1,4-5,10-13,15H2,(H,25,28). The highest BCUT2D eigenvalue weighted by Crippen LogP contribution is 2.31. The Morgan fingerprint density at radius 1 is 1.06 bits per heavy atom. The van der Waals surface area contributed by atoms with E-state index in [1.807, 2.05) is 17.0 Å². The van der Waals surface area contributed by atoms with Crippen molar-refractivity contribution in [2.75, 3.05) is 36.5 Å². The maximum atomic E-state index is 13.0. The number of piperidine rings is 1. The molecule has 1 saturated heterocycles. The fourth-order valence-corrected chi connectivity index (χ4v) is 4.07. The minimum atomic E-state index is -0.299. The number of amides is 3. The molecule has 2 heterocycles. The molecule has 1 fully saturated rings. The van der Waals surface area contributed by atoms with Crippen molar-refractivity contribution >= 4 is 40.7 Å². The minimum absolute atomic E-state index is 0.0542. The predicted molar refractivity (Wildman–Crippen MR) is 119 cm³/mol. The summed E-state index contributed by atoms with van der Waals surface area (Å²) in [6.07, 6.45) is 3.16. The van der Waals surface area contributed by atoms with Gasteiger partial charge in [0.2, 0.25) is 5.91 Å². The number of hydrogen-bond acceptors (Lipinski definition) is 4. The average Bonchev–Trinajstić information content (AvgIpc) is 2.79. The molecule has 0 saturated carbocycles. The smallest absolute Gasteiger partial charge is 0.265 e. The molecule has 8 heteroatoms. The van der Waals surface area contributed by atoms with Gasteiger partial charge in [-0.25, -0.2) is 0 Å². The molecular formula is C23H24ClN3O4. The summed E-state index contributed by atoms with van der Waals surface area (Å²) in [6.45, 7) is 1.59. The van der Waals surface area contributed by atoms with E-state index in [2.05, 4.69) is 5.32 Å². The van der Waals surface area contributed by atoms with E-state index in [0.29, 0.717) is 40.8 Å². The Bertz CT molecular complexity index is 1000. The molecule has 1 N–H and O–H groups in total. The summed E-state index contributed by atoms with van der Waals surface area (Å²) in [5.74, 6) is 0.0117. The SMILES string of the molecule is O=C(CCN1C(=O)COc2ccccc21)Nc1cc(Cl)ccc1C(=O)N1CCCCC1. The number of nitrogens with one attached hydrogen (secondary N) is 1. The van der Waals surface area contributed by atoms with Gasteiger partial charge in [0.25, 0.3) is 11.8 Å². The number of benzene rings is 2. The summed E-state index contributed by atoms with van der Waals surface area (Å²) in [7, 11) is 0. The topological polar surface area (TPSA) is 79.0 Å². The monoisotopic (exact) mass is 441 g/mol. The van der Waals surface area contributed by atoms with Crippen molar-refractivity contribution in [3.05, 3.63) is 53.1 Å². The molecule has 2 aromatic carbocycles. The van der Waals surface area contributed by atoms with Gasteiger partial charge >= 0.3 is 0 Å². The number of halogens is 1. The number of likely N-dealkylation sites (tertiary alicyclic amines) is 1. The van der Waals surface area contributed by atoms with Crippen LogP contribution in [0.15, 0.2) is 42.5 Å². The number of ether oxygens (including phenoxy) is 1.